The van der Waals surface area contributed by atoms with E-state index in [0.29, 0.717) is 28.1 Å². The van der Waals surface area contributed by atoms with Gasteiger partial charge in [-0.15, -0.1) is 0 Å². The highest BCUT2D eigenvalue weighted by molar-refractivity contribution is 6.35. The highest BCUT2D eigenvalue weighted by Gasteiger charge is 2.46. The summed E-state index contributed by atoms with van der Waals surface area (Å²) in [5.41, 5.74) is 7.72. The quantitative estimate of drug-likeness (QED) is 0.807. The van der Waals surface area contributed by atoms with Crippen LogP contribution in [0.15, 0.2) is 36.4 Å². The third kappa shape index (κ3) is 3.27. The average Bonchev–Trinajstić information content (AvgIpc) is 2.62. The van der Waals surface area contributed by atoms with Gasteiger partial charge >= 0.3 is 0 Å². The number of benzene rings is 2. The Kier molecular flexibility index (Phi) is 5.08. The van der Waals surface area contributed by atoms with E-state index in [0.717, 1.165) is 11.1 Å². The van der Waals surface area contributed by atoms with Gasteiger partial charge in [-0.3, -0.25) is 4.79 Å². The topological polar surface area (TPSA) is 64.8 Å². The van der Waals surface area contributed by atoms with Crippen LogP contribution in [0.2, 0.25) is 10.0 Å². The molecule has 1 saturated heterocycles. The fourth-order valence-corrected chi connectivity index (χ4v) is 3.55. The summed E-state index contributed by atoms with van der Waals surface area (Å²) >= 11 is 12.2. The van der Waals surface area contributed by atoms with E-state index < -0.39 is 6.04 Å². The van der Waals surface area contributed by atoms with Crippen molar-refractivity contribution >= 4 is 29.1 Å². The first kappa shape index (κ1) is 17.9. The van der Waals surface area contributed by atoms with Crippen LogP contribution in [-0.4, -0.2) is 31.1 Å². The summed E-state index contributed by atoms with van der Waals surface area (Å²) in [7, 11) is 3.15. The number of carbonyl (C=O) groups excluding carboxylic acids is 1. The lowest BCUT2D eigenvalue weighted by Gasteiger charge is -2.46. The van der Waals surface area contributed by atoms with E-state index in [1.165, 1.54) is 0 Å². The van der Waals surface area contributed by atoms with Crippen molar-refractivity contribution in [2.45, 2.75) is 18.6 Å². The van der Waals surface area contributed by atoms with Crippen LogP contribution in [0, 0.1) is 0 Å². The number of carbonyl (C=O) groups is 1. The first-order valence-electron chi connectivity index (χ1n) is 7.68. The normalized spacial score (nSPS) is 19.6. The lowest BCUT2D eigenvalue weighted by atomic mass is 9.88. The maximum Gasteiger partial charge on any atom is 0.242 e. The molecule has 5 nitrogen and oxygen atoms in total. The lowest BCUT2D eigenvalue weighted by Crippen LogP contribution is -2.62. The van der Waals surface area contributed by atoms with Crippen molar-refractivity contribution in [1.29, 1.82) is 0 Å². The number of methoxy groups -OCH3 is 2. The van der Waals surface area contributed by atoms with Gasteiger partial charge in [-0.25, -0.2) is 0 Å². The largest absolute Gasteiger partial charge is 0.493 e. The van der Waals surface area contributed by atoms with Gasteiger partial charge in [0.25, 0.3) is 0 Å². The van der Waals surface area contributed by atoms with Crippen molar-refractivity contribution in [2.75, 3.05) is 14.2 Å². The second kappa shape index (κ2) is 7.12. The average molecular weight is 381 g/mol. The summed E-state index contributed by atoms with van der Waals surface area (Å²) < 4.78 is 10.5. The molecule has 1 aliphatic heterocycles. The summed E-state index contributed by atoms with van der Waals surface area (Å²) in [6.07, 6.45) is 0. The molecule has 25 heavy (non-hydrogen) atoms. The van der Waals surface area contributed by atoms with E-state index in [1.807, 2.05) is 24.3 Å². The number of β-lactam (4-membered cyclic amide) rings is 1. The number of halogens is 2. The van der Waals surface area contributed by atoms with Crippen LogP contribution in [0.5, 0.6) is 11.5 Å². The molecule has 1 heterocycles. The second-order valence-electron chi connectivity index (χ2n) is 5.79. The molecule has 132 valence electrons. The Morgan fingerprint density at radius 2 is 1.80 bits per heavy atom. The molecule has 7 heteroatoms. The Morgan fingerprint density at radius 1 is 1.08 bits per heavy atom. The Balaban J connectivity index is 1.87. The summed E-state index contributed by atoms with van der Waals surface area (Å²) in [6, 6.07) is 9.85. The third-order valence-corrected chi connectivity index (χ3v) is 4.89. The van der Waals surface area contributed by atoms with Crippen molar-refractivity contribution < 1.29 is 14.3 Å². The van der Waals surface area contributed by atoms with E-state index >= 15 is 0 Å². The standard InChI is InChI=1S/C18H18Cl2N2O3/c1-24-14-6-3-10(7-15(14)25-2)9-22-17(16(21)18(22)23)12-5-4-11(19)8-13(12)20/h3-8,16-17H,9,21H2,1-2H3/t16-,17+/m0/s1. The van der Waals surface area contributed by atoms with E-state index in [-0.39, 0.29) is 11.9 Å². The number of ether oxygens (including phenoxy) is 2. The minimum atomic E-state index is -0.612. The molecule has 2 N–H and O–H groups in total. The van der Waals surface area contributed by atoms with Crippen LogP contribution in [0.4, 0.5) is 0 Å². The van der Waals surface area contributed by atoms with Crippen molar-refractivity contribution in [3.63, 3.8) is 0 Å². The maximum atomic E-state index is 12.3. The Hall–Kier alpha value is -1.95. The van der Waals surface area contributed by atoms with Gasteiger partial charge in [0.15, 0.2) is 11.5 Å². The Morgan fingerprint density at radius 3 is 2.44 bits per heavy atom. The molecule has 1 aliphatic rings. The molecule has 3 rings (SSSR count). The zero-order valence-corrected chi connectivity index (χ0v) is 15.3. The van der Waals surface area contributed by atoms with Gasteiger partial charge in [-0.1, -0.05) is 35.3 Å². The van der Waals surface area contributed by atoms with Crippen molar-refractivity contribution in [1.82, 2.24) is 4.90 Å². The minimum Gasteiger partial charge on any atom is -0.493 e. The molecule has 0 spiro atoms. The molecule has 2 aromatic carbocycles. The van der Waals surface area contributed by atoms with Crippen molar-refractivity contribution in [3.05, 3.63) is 57.6 Å². The van der Waals surface area contributed by atoms with Crippen LogP contribution < -0.4 is 15.2 Å². The highest BCUT2D eigenvalue weighted by atomic mass is 35.5. The number of nitrogens with two attached hydrogens (primary N) is 1. The molecule has 0 radical (unpaired) electrons. The van der Waals surface area contributed by atoms with Gasteiger partial charge in [0.2, 0.25) is 5.91 Å². The molecule has 0 aromatic heterocycles. The van der Waals surface area contributed by atoms with Crippen LogP contribution in [-0.2, 0) is 11.3 Å². The molecule has 2 atom stereocenters. The zero-order valence-electron chi connectivity index (χ0n) is 13.8. The molecule has 0 saturated carbocycles. The SMILES string of the molecule is COc1ccc(CN2C(=O)[C@@H](N)[C@H]2c2ccc(Cl)cc2Cl)cc1OC. The molecule has 1 fully saturated rings. The number of hydrogen-bond acceptors (Lipinski definition) is 4. The van der Waals surface area contributed by atoms with Crippen molar-refractivity contribution in [3.8, 4) is 11.5 Å². The molecule has 1 amide bonds. The van der Waals surface area contributed by atoms with Crippen LogP contribution >= 0.6 is 23.2 Å². The summed E-state index contributed by atoms with van der Waals surface area (Å²) in [4.78, 5) is 14.0. The predicted octanol–water partition coefficient (Wildman–Crippen LogP) is 3.42. The molecular formula is C18H18Cl2N2O3. The van der Waals surface area contributed by atoms with Gasteiger partial charge in [0.1, 0.15) is 6.04 Å². The van der Waals surface area contributed by atoms with Gasteiger partial charge in [0, 0.05) is 16.6 Å². The highest BCUT2D eigenvalue weighted by Crippen LogP contribution is 2.40. The predicted molar refractivity (Wildman–Crippen MR) is 97.3 cm³/mol. The van der Waals surface area contributed by atoms with E-state index in [9.17, 15) is 4.79 Å². The molecule has 0 unspecified atom stereocenters. The fraction of sp³-hybridized carbons (Fsp3) is 0.278. The van der Waals surface area contributed by atoms with Crippen molar-refractivity contribution in [2.24, 2.45) is 5.73 Å². The van der Waals surface area contributed by atoms with Gasteiger partial charge in [-0.05, 0) is 35.4 Å². The minimum absolute atomic E-state index is 0.120. The Bertz CT molecular complexity index is 813. The maximum absolute atomic E-state index is 12.3. The second-order valence-corrected chi connectivity index (χ2v) is 6.64. The van der Waals surface area contributed by atoms with Gasteiger partial charge in [0.05, 0.1) is 20.3 Å². The van der Waals surface area contributed by atoms with Crippen LogP contribution in [0.1, 0.15) is 17.2 Å². The molecule has 0 bridgehead atoms. The number of likely N-dealkylation sites (tertiary alicyclic amines) is 1. The number of rotatable bonds is 5. The monoisotopic (exact) mass is 380 g/mol. The molecular weight excluding hydrogens is 363 g/mol. The van der Waals surface area contributed by atoms with Crippen LogP contribution in [0.25, 0.3) is 0 Å². The fourth-order valence-electron chi connectivity index (χ4n) is 3.03. The Labute approximate surface area is 156 Å². The van der Waals surface area contributed by atoms with E-state index in [1.54, 1.807) is 31.3 Å². The smallest absolute Gasteiger partial charge is 0.242 e. The number of amides is 1. The number of hydrogen-bond donors (Lipinski definition) is 1. The lowest BCUT2D eigenvalue weighted by molar-refractivity contribution is -0.150. The molecule has 2 aromatic rings. The zero-order chi connectivity index (χ0) is 18.1. The van der Waals surface area contributed by atoms with Crippen LogP contribution in [0.3, 0.4) is 0 Å². The van der Waals surface area contributed by atoms with Gasteiger partial charge < -0.3 is 20.1 Å². The number of nitrogens with zero attached hydrogens (tertiary/aromatic N) is 1. The summed E-state index contributed by atoms with van der Waals surface area (Å²) in [5, 5.41) is 1.04. The summed E-state index contributed by atoms with van der Waals surface area (Å²) in [6.45, 7) is 0.399. The van der Waals surface area contributed by atoms with Gasteiger partial charge in [-0.2, -0.15) is 0 Å². The van der Waals surface area contributed by atoms with E-state index in [2.05, 4.69) is 0 Å². The van der Waals surface area contributed by atoms with E-state index in [4.69, 9.17) is 38.4 Å². The molecule has 0 aliphatic carbocycles. The summed E-state index contributed by atoms with van der Waals surface area (Å²) in [5.74, 6) is 1.12. The first-order chi connectivity index (χ1) is 12.0. The third-order valence-electron chi connectivity index (χ3n) is 4.33. The first-order valence-corrected chi connectivity index (χ1v) is 8.43.